The number of carbonyl (C=O) groups excluding carboxylic acids is 1. The van der Waals surface area contributed by atoms with Gasteiger partial charge in [0, 0.05) is 17.9 Å². The van der Waals surface area contributed by atoms with Crippen molar-refractivity contribution in [3.8, 4) is 11.5 Å². The van der Waals surface area contributed by atoms with E-state index < -0.39 is 6.61 Å². The highest BCUT2D eigenvalue weighted by Gasteiger charge is 2.27. The average molecular weight is 264 g/mol. The maximum absolute atomic E-state index is 11.3. The fraction of sp³-hybridized carbons (Fsp3) is 0.533. The third-order valence-corrected chi connectivity index (χ3v) is 3.99. The lowest BCUT2D eigenvalue weighted by Crippen LogP contribution is -2.25. The van der Waals surface area contributed by atoms with Crippen LogP contribution in [-0.4, -0.2) is 29.2 Å². The minimum atomic E-state index is -0.416. The number of aliphatic hydroxyl groups excluding tert-OH is 1. The molecule has 1 atom stereocenters. The second-order valence-electron chi connectivity index (χ2n) is 5.31. The van der Waals surface area contributed by atoms with Gasteiger partial charge in [0.15, 0.2) is 5.78 Å². The Hall–Kier alpha value is -1.55. The van der Waals surface area contributed by atoms with Gasteiger partial charge in [-0.3, -0.25) is 4.79 Å². The Morgan fingerprint density at radius 3 is 2.58 bits per heavy atom. The lowest BCUT2D eigenvalue weighted by Gasteiger charge is -2.29. The molecule has 0 saturated carbocycles. The van der Waals surface area contributed by atoms with E-state index in [1.807, 2.05) is 20.8 Å². The molecule has 0 aliphatic carbocycles. The molecule has 0 spiro atoms. The molecule has 2 N–H and O–H groups in total. The quantitative estimate of drug-likeness (QED) is 0.874. The van der Waals surface area contributed by atoms with Gasteiger partial charge >= 0.3 is 0 Å². The maximum atomic E-state index is 11.3. The largest absolute Gasteiger partial charge is 0.507 e. The van der Waals surface area contributed by atoms with E-state index in [0.717, 1.165) is 28.0 Å². The molecule has 1 aromatic rings. The topological polar surface area (TPSA) is 66.8 Å². The van der Waals surface area contributed by atoms with Crippen LogP contribution in [-0.2, 0) is 11.2 Å². The van der Waals surface area contributed by atoms with Crippen molar-refractivity contribution in [3.63, 3.8) is 0 Å². The van der Waals surface area contributed by atoms with Crippen molar-refractivity contribution in [1.29, 1.82) is 0 Å². The minimum absolute atomic E-state index is 0.0763. The Morgan fingerprint density at radius 1 is 1.26 bits per heavy atom. The van der Waals surface area contributed by atoms with E-state index in [0.29, 0.717) is 25.2 Å². The van der Waals surface area contributed by atoms with Gasteiger partial charge in [-0.15, -0.1) is 0 Å². The van der Waals surface area contributed by atoms with E-state index >= 15 is 0 Å². The summed E-state index contributed by atoms with van der Waals surface area (Å²) in [6, 6.07) is 0. The zero-order chi connectivity index (χ0) is 14.2. The molecular weight excluding hydrogens is 244 g/mol. The number of hydrogen-bond donors (Lipinski definition) is 2. The number of aliphatic hydroxyl groups is 1. The van der Waals surface area contributed by atoms with E-state index in [4.69, 9.17) is 9.84 Å². The Balaban J connectivity index is 2.33. The molecule has 19 heavy (non-hydrogen) atoms. The fourth-order valence-electron chi connectivity index (χ4n) is 2.68. The first-order valence-corrected chi connectivity index (χ1v) is 6.52. The lowest BCUT2D eigenvalue weighted by atomic mass is 9.87. The average Bonchev–Trinajstić information content (AvgIpc) is 2.42. The molecule has 0 fully saturated rings. The van der Waals surface area contributed by atoms with E-state index in [2.05, 4.69) is 0 Å². The van der Waals surface area contributed by atoms with Crippen molar-refractivity contribution in [3.05, 3.63) is 22.3 Å². The predicted octanol–water partition coefficient (Wildman–Crippen LogP) is 1.82. The lowest BCUT2D eigenvalue weighted by molar-refractivity contribution is -0.123. The monoisotopic (exact) mass is 264 g/mol. The van der Waals surface area contributed by atoms with Crippen LogP contribution >= 0.6 is 0 Å². The van der Waals surface area contributed by atoms with Crippen molar-refractivity contribution in [2.75, 3.05) is 13.2 Å². The van der Waals surface area contributed by atoms with Gasteiger partial charge in [0.1, 0.15) is 18.1 Å². The number of aromatic hydroxyl groups is 1. The fourth-order valence-corrected chi connectivity index (χ4v) is 2.68. The molecule has 0 amide bonds. The van der Waals surface area contributed by atoms with Crippen LogP contribution in [0.1, 0.15) is 28.7 Å². The summed E-state index contributed by atoms with van der Waals surface area (Å²) >= 11 is 0. The van der Waals surface area contributed by atoms with Gasteiger partial charge in [-0.2, -0.15) is 0 Å². The molecule has 1 heterocycles. The first-order valence-electron chi connectivity index (χ1n) is 6.52. The number of fused-ring (bicyclic) bond motifs is 1. The van der Waals surface area contributed by atoms with Crippen molar-refractivity contribution in [2.24, 2.45) is 5.92 Å². The van der Waals surface area contributed by atoms with Crippen LogP contribution in [0.5, 0.6) is 11.5 Å². The smallest absolute Gasteiger partial charge is 0.158 e. The van der Waals surface area contributed by atoms with Crippen LogP contribution in [0, 0.1) is 26.7 Å². The molecule has 0 aromatic heterocycles. The van der Waals surface area contributed by atoms with Crippen LogP contribution in [0.2, 0.25) is 0 Å². The number of carbonyl (C=O) groups is 1. The van der Waals surface area contributed by atoms with E-state index in [-0.39, 0.29) is 11.7 Å². The van der Waals surface area contributed by atoms with E-state index in [1.54, 1.807) is 0 Å². The van der Waals surface area contributed by atoms with Gasteiger partial charge < -0.3 is 14.9 Å². The number of benzene rings is 1. The van der Waals surface area contributed by atoms with Crippen LogP contribution in [0.4, 0.5) is 0 Å². The SMILES string of the molecule is Cc1c(C)c2c(c(C)c1O)C[C@H](CC(=O)CO)CO2. The Labute approximate surface area is 113 Å². The molecule has 0 unspecified atom stereocenters. The normalized spacial score (nSPS) is 17.8. The maximum Gasteiger partial charge on any atom is 0.158 e. The molecule has 4 heteroatoms. The van der Waals surface area contributed by atoms with Crippen molar-refractivity contribution < 1.29 is 19.7 Å². The molecule has 1 aliphatic heterocycles. The number of Topliss-reactive ketones (excluding diaryl/α,β-unsaturated/α-hetero) is 1. The number of ether oxygens (including phenoxy) is 1. The Morgan fingerprint density at radius 2 is 1.95 bits per heavy atom. The number of hydrogen-bond acceptors (Lipinski definition) is 4. The molecule has 1 aromatic carbocycles. The first-order chi connectivity index (χ1) is 8.95. The highest BCUT2D eigenvalue weighted by molar-refractivity contribution is 5.79. The summed E-state index contributed by atoms with van der Waals surface area (Å²) in [4.78, 5) is 11.3. The molecule has 0 radical (unpaired) electrons. The Bertz CT molecular complexity index is 520. The van der Waals surface area contributed by atoms with Gasteiger partial charge in [-0.05, 0) is 43.9 Å². The summed E-state index contributed by atoms with van der Waals surface area (Å²) in [5.41, 5.74) is 3.63. The van der Waals surface area contributed by atoms with Gasteiger partial charge in [-0.1, -0.05) is 0 Å². The molecule has 0 saturated heterocycles. The molecular formula is C15H20O4. The van der Waals surface area contributed by atoms with Crippen LogP contribution in [0.25, 0.3) is 0 Å². The summed E-state index contributed by atoms with van der Waals surface area (Å²) in [5, 5.41) is 18.9. The van der Waals surface area contributed by atoms with Gasteiger partial charge in [0.05, 0.1) is 6.61 Å². The van der Waals surface area contributed by atoms with E-state index in [1.165, 1.54) is 0 Å². The number of rotatable bonds is 3. The second kappa shape index (κ2) is 5.21. The Kier molecular flexibility index (Phi) is 3.80. The first kappa shape index (κ1) is 13.9. The van der Waals surface area contributed by atoms with Crippen LogP contribution in [0.3, 0.4) is 0 Å². The third kappa shape index (κ3) is 2.45. The van der Waals surface area contributed by atoms with Gasteiger partial charge in [0.2, 0.25) is 0 Å². The molecule has 4 nitrogen and oxygen atoms in total. The summed E-state index contributed by atoms with van der Waals surface area (Å²) in [6.45, 7) is 5.76. The molecule has 1 aliphatic rings. The second-order valence-corrected chi connectivity index (χ2v) is 5.31. The van der Waals surface area contributed by atoms with E-state index in [9.17, 15) is 9.90 Å². The standard InChI is InChI=1S/C15H20O4/c1-8-9(2)15-13(10(3)14(8)18)5-11(7-19-15)4-12(17)6-16/h11,16,18H,4-7H2,1-3H3/t11-/m0/s1. The van der Waals surface area contributed by atoms with Crippen LogP contribution < -0.4 is 4.74 Å². The van der Waals surface area contributed by atoms with Crippen molar-refractivity contribution in [1.82, 2.24) is 0 Å². The summed E-state index contributed by atoms with van der Waals surface area (Å²) in [7, 11) is 0. The molecule has 0 bridgehead atoms. The number of phenolic OH excluding ortho intramolecular Hbond substituents is 1. The number of ketones is 1. The van der Waals surface area contributed by atoms with Crippen molar-refractivity contribution >= 4 is 5.78 Å². The highest BCUT2D eigenvalue weighted by Crippen LogP contribution is 2.41. The minimum Gasteiger partial charge on any atom is -0.507 e. The third-order valence-electron chi connectivity index (χ3n) is 3.99. The zero-order valence-electron chi connectivity index (χ0n) is 11.6. The van der Waals surface area contributed by atoms with Crippen LogP contribution in [0.15, 0.2) is 0 Å². The predicted molar refractivity (Wildman–Crippen MR) is 71.7 cm³/mol. The zero-order valence-corrected chi connectivity index (χ0v) is 11.6. The van der Waals surface area contributed by atoms with Gasteiger partial charge in [-0.25, -0.2) is 0 Å². The molecule has 2 rings (SSSR count). The number of phenols is 1. The van der Waals surface area contributed by atoms with Gasteiger partial charge in [0.25, 0.3) is 0 Å². The summed E-state index contributed by atoms with van der Waals surface area (Å²) in [6.07, 6.45) is 1.03. The molecule has 104 valence electrons. The van der Waals surface area contributed by atoms with Crippen molar-refractivity contribution in [2.45, 2.75) is 33.6 Å². The highest BCUT2D eigenvalue weighted by atomic mass is 16.5. The summed E-state index contributed by atoms with van der Waals surface area (Å²) < 4.78 is 5.78. The summed E-state index contributed by atoms with van der Waals surface area (Å²) in [5.74, 6) is 1.07.